The van der Waals surface area contributed by atoms with Gasteiger partial charge in [0.2, 0.25) is 0 Å². The number of aromatic nitrogens is 2. The van der Waals surface area contributed by atoms with Crippen molar-refractivity contribution in [3.8, 4) is 11.4 Å². The summed E-state index contributed by atoms with van der Waals surface area (Å²) < 4.78 is 7.73. The average Bonchev–Trinajstić information content (AvgIpc) is 3.63. The zero-order valence-corrected chi connectivity index (χ0v) is 24.3. The van der Waals surface area contributed by atoms with Crippen molar-refractivity contribution < 1.29 is 9.53 Å². The number of nitrogens with zero attached hydrogens (tertiary/aromatic N) is 3. The number of para-hydroxylation sites is 1. The quantitative estimate of drug-likeness (QED) is 0.188. The summed E-state index contributed by atoms with van der Waals surface area (Å²) in [6.07, 6.45) is 3.84. The van der Waals surface area contributed by atoms with Gasteiger partial charge in [-0.3, -0.25) is 9.78 Å². The first-order valence-electron chi connectivity index (χ1n) is 13.5. The lowest BCUT2D eigenvalue weighted by molar-refractivity contribution is -0.118. The van der Waals surface area contributed by atoms with E-state index in [-0.39, 0.29) is 24.6 Å². The molecular weight excluding hydrogens is 566 g/mol. The SMILES string of the molecule is Cc1cc(-n2cccc2[C@H]2[C@@H](c3ccccn3)NC(=S)N2c2ccc(NC(=O)COc3ccccc3)cc2)ccc1Cl. The molecule has 6 rings (SSSR count). The largest absolute Gasteiger partial charge is 0.484 e. The minimum atomic E-state index is -0.242. The van der Waals surface area contributed by atoms with Crippen LogP contribution in [0.5, 0.6) is 5.75 Å². The lowest BCUT2D eigenvalue weighted by Crippen LogP contribution is -2.30. The Morgan fingerprint density at radius 1 is 0.976 bits per heavy atom. The van der Waals surface area contributed by atoms with E-state index in [4.69, 9.17) is 28.6 Å². The third-order valence-electron chi connectivity index (χ3n) is 7.14. The smallest absolute Gasteiger partial charge is 0.262 e. The molecule has 42 heavy (non-hydrogen) atoms. The van der Waals surface area contributed by atoms with Crippen molar-refractivity contribution in [3.63, 3.8) is 0 Å². The summed E-state index contributed by atoms with van der Waals surface area (Å²) in [4.78, 5) is 19.3. The van der Waals surface area contributed by atoms with Gasteiger partial charge in [0.1, 0.15) is 11.8 Å². The van der Waals surface area contributed by atoms with Crippen molar-refractivity contribution in [2.24, 2.45) is 0 Å². The predicted molar refractivity (Wildman–Crippen MR) is 170 cm³/mol. The Morgan fingerprint density at radius 2 is 1.74 bits per heavy atom. The molecule has 3 heterocycles. The second-order valence-electron chi connectivity index (χ2n) is 9.93. The monoisotopic (exact) mass is 593 g/mol. The maximum absolute atomic E-state index is 12.5. The van der Waals surface area contributed by atoms with Crippen molar-refractivity contribution in [1.29, 1.82) is 0 Å². The molecule has 1 fully saturated rings. The minimum Gasteiger partial charge on any atom is -0.484 e. The number of hydrogen-bond acceptors (Lipinski definition) is 4. The van der Waals surface area contributed by atoms with Crippen molar-refractivity contribution in [3.05, 3.63) is 137 Å². The van der Waals surface area contributed by atoms with Crippen LogP contribution >= 0.6 is 23.8 Å². The van der Waals surface area contributed by atoms with E-state index in [0.29, 0.717) is 16.5 Å². The Hall–Kier alpha value is -4.66. The zero-order valence-electron chi connectivity index (χ0n) is 22.8. The second-order valence-corrected chi connectivity index (χ2v) is 10.7. The molecule has 0 saturated carbocycles. The lowest BCUT2D eigenvalue weighted by Gasteiger charge is -2.29. The molecule has 5 aromatic rings. The number of amides is 1. The topological polar surface area (TPSA) is 71.4 Å². The number of carbonyl (C=O) groups excluding carboxylic acids is 1. The Kier molecular flexibility index (Phi) is 7.90. The molecule has 9 heteroatoms. The first-order valence-corrected chi connectivity index (χ1v) is 14.3. The highest BCUT2D eigenvalue weighted by Gasteiger charge is 2.42. The van der Waals surface area contributed by atoms with E-state index in [2.05, 4.69) is 37.2 Å². The fraction of sp³-hybridized carbons (Fsp3) is 0.121. The third kappa shape index (κ3) is 5.72. The average molecular weight is 594 g/mol. The van der Waals surface area contributed by atoms with Crippen LogP contribution in [0.1, 0.15) is 29.0 Å². The molecule has 0 aliphatic carbocycles. The fourth-order valence-corrected chi connectivity index (χ4v) is 5.61. The summed E-state index contributed by atoms with van der Waals surface area (Å²) in [5.74, 6) is 0.402. The number of thiocarbonyl (C=S) groups is 1. The number of anilines is 2. The van der Waals surface area contributed by atoms with E-state index >= 15 is 0 Å². The number of halogens is 1. The van der Waals surface area contributed by atoms with E-state index in [9.17, 15) is 4.79 Å². The summed E-state index contributed by atoms with van der Waals surface area (Å²) in [5.41, 5.74) is 5.47. The molecule has 1 aliphatic heterocycles. The van der Waals surface area contributed by atoms with Crippen LogP contribution < -0.4 is 20.3 Å². The van der Waals surface area contributed by atoms with Crippen molar-refractivity contribution in [1.82, 2.24) is 14.9 Å². The van der Waals surface area contributed by atoms with E-state index in [0.717, 1.165) is 33.3 Å². The summed E-state index contributed by atoms with van der Waals surface area (Å²) >= 11 is 12.2. The van der Waals surface area contributed by atoms with Gasteiger partial charge in [-0.1, -0.05) is 35.9 Å². The first kappa shape index (κ1) is 27.5. The van der Waals surface area contributed by atoms with Crippen molar-refractivity contribution in [2.75, 3.05) is 16.8 Å². The Balaban J connectivity index is 1.29. The molecule has 210 valence electrons. The van der Waals surface area contributed by atoms with Gasteiger partial charge in [-0.2, -0.15) is 0 Å². The molecule has 7 nitrogen and oxygen atoms in total. The molecule has 3 aromatic carbocycles. The predicted octanol–water partition coefficient (Wildman–Crippen LogP) is 7.03. The molecule has 2 N–H and O–H groups in total. The number of nitrogens with one attached hydrogen (secondary N) is 2. The zero-order chi connectivity index (χ0) is 29.1. The van der Waals surface area contributed by atoms with E-state index < -0.39 is 0 Å². The highest BCUT2D eigenvalue weighted by Crippen LogP contribution is 2.42. The summed E-state index contributed by atoms with van der Waals surface area (Å²) in [6, 6.07) is 32.5. The van der Waals surface area contributed by atoms with Crippen LogP contribution in [0.2, 0.25) is 5.02 Å². The molecule has 0 radical (unpaired) electrons. The number of hydrogen-bond donors (Lipinski definition) is 2. The number of rotatable bonds is 8. The molecule has 0 spiro atoms. The highest BCUT2D eigenvalue weighted by atomic mass is 35.5. The van der Waals surface area contributed by atoms with Crippen LogP contribution in [0.3, 0.4) is 0 Å². The van der Waals surface area contributed by atoms with Crippen LogP contribution in [-0.2, 0) is 4.79 Å². The van der Waals surface area contributed by atoms with Gasteiger partial charge >= 0.3 is 0 Å². The maximum atomic E-state index is 12.5. The fourth-order valence-electron chi connectivity index (χ4n) is 5.15. The van der Waals surface area contributed by atoms with Gasteiger partial charge in [0, 0.05) is 40.2 Å². The molecule has 1 amide bonds. The lowest BCUT2D eigenvalue weighted by atomic mass is 10.0. The van der Waals surface area contributed by atoms with Crippen molar-refractivity contribution in [2.45, 2.75) is 19.0 Å². The standard InChI is InChI=1S/C33H28ClN5O2S/c1-22-20-25(16-17-27(22)34)38-19-7-11-29(38)32-31(28-10-5-6-18-35-28)37-33(42)39(32)24-14-12-23(13-15-24)36-30(40)21-41-26-8-3-2-4-9-26/h2-20,31-32H,21H2,1H3,(H,36,40)(H,37,42)/t31-,32+/m1/s1. The van der Waals surface area contributed by atoms with Gasteiger partial charge in [-0.25, -0.2) is 0 Å². The second kappa shape index (κ2) is 12.1. The maximum Gasteiger partial charge on any atom is 0.262 e. The Morgan fingerprint density at radius 3 is 2.48 bits per heavy atom. The molecular formula is C33H28ClN5O2S. The van der Waals surface area contributed by atoms with E-state index in [1.165, 1.54) is 0 Å². The summed E-state index contributed by atoms with van der Waals surface area (Å²) in [7, 11) is 0. The van der Waals surface area contributed by atoms with Crippen LogP contribution in [0, 0.1) is 6.92 Å². The Bertz CT molecular complexity index is 1710. The highest BCUT2D eigenvalue weighted by molar-refractivity contribution is 7.80. The number of aryl methyl sites for hydroxylation is 1. The number of carbonyl (C=O) groups is 1. The molecule has 1 aliphatic rings. The molecule has 1 saturated heterocycles. The first-order chi connectivity index (χ1) is 20.5. The summed E-state index contributed by atoms with van der Waals surface area (Å²) in [6.45, 7) is 1.92. The van der Waals surface area contributed by atoms with Gasteiger partial charge in [-0.05, 0) is 104 Å². The van der Waals surface area contributed by atoms with Gasteiger partial charge in [0.05, 0.1) is 11.7 Å². The van der Waals surface area contributed by atoms with E-state index in [1.807, 2.05) is 104 Å². The third-order valence-corrected chi connectivity index (χ3v) is 7.88. The van der Waals surface area contributed by atoms with Crippen molar-refractivity contribution >= 4 is 46.2 Å². The van der Waals surface area contributed by atoms with Gasteiger partial charge in [0.25, 0.3) is 5.91 Å². The molecule has 0 unspecified atom stereocenters. The summed E-state index contributed by atoms with van der Waals surface area (Å²) in [5, 5.41) is 7.72. The number of pyridine rings is 1. The molecule has 2 aromatic heterocycles. The van der Waals surface area contributed by atoms with Crippen LogP contribution in [0.4, 0.5) is 11.4 Å². The van der Waals surface area contributed by atoms with Crippen LogP contribution in [-0.4, -0.2) is 27.2 Å². The van der Waals surface area contributed by atoms with Gasteiger partial charge in [-0.15, -0.1) is 0 Å². The Labute approximate surface area is 254 Å². The normalized spacial score (nSPS) is 16.2. The molecule has 2 atom stereocenters. The minimum absolute atomic E-state index is 0.0825. The van der Waals surface area contributed by atoms with Gasteiger partial charge in [0.15, 0.2) is 11.7 Å². The van der Waals surface area contributed by atoms with E-state index in [1.54, 1.807) is 6.20 Å². The number of benzene rings is 3. The van der Waals surface area contributed by atoms with Gasteiger partial charge < -0.3 is 24.8 Å². The molecule has 0 bridgehead atoms. The van der Waals surface area contributed by atoms with Crippen LogP contribution in [0.25, 0.3) is 5.69 Å². The van der Waals surface area contributed by atoms with Crippen LogP contribution in [0.15, 0.2) is 116 Å². The number of ether oxygens (including phenoxy) is 1.